The molecular formula is C13H9ClN4O2. The fourth-order valence-corrected chi connectivity index (χ4v) is 2.20. The first-order chi connectivity index (χ1) is 9.56. The summed E-state index contributed by atoms with van der Waals surface area (Å²) < 4.78 is 1.23. The molecule has 0 aliphatic heterocycles. The SMILES string of the molecule is Cc1nc(=O)n(-c2nccc(=O)[nH]2)c2cc(Cl)ccc12. The van der Waals surface area contributed by atoms with Gasteiger partial charge in [0.25, 0.3) is 5.56 Å². The average Bonchev–Trinajstić information content (AvgIpc) is 2.38. The quantitative estimate of drug-likeness (QED) is 0.734. The normalized spacial score (nSPS) is 10.9. The van der Waals surface area contributed by atoms with Crippen molar-refractivity contribution in [2.75, 3.05) is 0 Å². The van der Waals surface area contributed by atoms with Crippen LogP contribution in [-0.2, 0) is 0 Å². The standard InChI is InChI=1S/C13H9ClN4O2/c1-7-9-3-2-8(14)6-10(9)18(13(20)16-7)12-15-5-4-11(19)17-12/h2-6H,1H3,(H,15,17,19). The van der Waals surface area contributed by atoms with Crippen molar-refractivity contribution in [1.29, 1.82) is 0 Å². The molecule has 7 heteroatoms. The van der Waals surface area contributed by atoms with Crippen molar-refractivity contribution in [2.24, 2.45) is 0 Å². The number of H-pyrrole nitrogens is 1. The molecule has 0 saturated carbocycles. The molecule has 20 heavy (non-hydrogen) atoms. The summed E-state index contributed by atoms with van der Waals surface area (Å²) >= 11 is 5.99. The minimum atomic E-state index is -0.522. The van der Waals surface area contributed by atoms with E-state index in [0.717, 1.165) is 5.39 Å². The summed E-state index contributed by atoms with van der Waals surface area (Å²) in [4.78, 5) is 34.0. The molecule has 1 N–H and O–H groups in total. The lowest BCUT2D eigenvalue weighted by Gasteiger charge is -2.09. The summed E-state index contributed by atoms with van der Waals surface area (Å²) in [6, 6.07) is 6.40. The molecule has 0 radical (unpaired) electrons. The highest BCUT2D eigenvalue weighted by Crippen LogP contribution is 2.20. The monoisotopic (exact) mass is 288 g/mol. The summed E-state index contributed by atoms with van der Waals surface area (Å²) in [6.07, 6.45) is 1.33. The molecule has 3 rings (SSSR count). The number of hydrogen-bond acceptors (Lipinski definition) is 4. The van der Waals surface area contributed by atoms with Crippen molar-refractivity contribution >= 4 is 22.5 Å². The van der Waals surface area contributed by atoms with Gasteiger partial charge in [-0.1, -0.05) is 11.6 Å². The molecule has 2 aromatic heterocycles. The molecule has 0 amide bonds. The van der Waals surface area contributed by atoms with Crippen molar-refractivity contribution in [2.45, 2.75) is 6.92 Å². The van der Waals surface area contributed by atoms with E-state index in [-0.39, 0.29) is 11.5 Å². The molecular weight excluding hydrogens is 280 g/mol. The van der Waals surface area contributed by atoms with E-state index >= 15 is 0 Å². The van der Waals surface area contributed by atoms with Crippen LogP contribution >= 0.6 is 11.6 Å². The van der Waals surface area contributed by atoms with Crippen LogP contribution in [0.2, 0.25) is 5.02 Å². The number of benzene rings is 1. The van der Waals surface area contributed by atoms with Gasteiger partial charge < -0.3 is 0 Å². The van der Waals surface area contributed by atoms with Crippen molar-refractivity contribution in [3.8, 4) is 5.95 Å². The number of fused-ring (bicyclic) bond motifs is 1. The van der Waals surface area contributed by atoms with Crippen molar-refractivity contribution in [3.05, 3.63) is 62.0 Å². The van der Waals surface area contributed by atoms with Gasteiger partial charge in [0.2, 0.25) is 5.95 Å². The Kier molecular flexibility index (Phi) is 2.87. The Labute approximate surface area is 117 Å². The largest absolute Gasteiger partial charge is 0.355 e. The van der Waals surface area contributed by atoms with Gasteiger partial charge in [0.1, 0.15) is 0 Å². The number of nitrogens with one attached hydrogen (secondary N) is 1. The zero-order valence-electron chi connectivity index (χ0n) is 10.4. The van der Waals surface area contributed by atoms with Crippen molar-refractivity contribution < 1.29 is 0 Å². The van der Waals surface area contributed by atoms with Gasteiger partial charge in [0.15, 0.2) is 0 Å². The molecule has 100 valence electrons. The molecule has 2 heterocycles. The lowest BCUT2D eigenvalue weighted by atomic mass is 10.2. The Bertz CT molecular complexity index is 930. The molecule has 6 nitrogen and oxygen atoms in total. The second-order valence-corrected chi connectivity index (χ2v) is 4.67. The maximum Gasteiger partial charge on any atom is 0.355 e. The van der Waals surface area contributed by atoms with Crippen molar-refractivity contribution in [3.63, 3.8) is 0 Å². The Morgan fingerprint density at radius 3 is 2.80 bits per heavy atom. The highest BCUT2D eigenvalue weighted by atomic mass is 35.5. The molecule has 0 unspecified atom stereocenters. The first kappa shape index (κ1) is 12.6. The maximum atomic E-state index is 12.1. The molecule has 0 saturated heterocycles. The number of halogens is 1. The number of aromatic amines is 1. The van der Waals surface area contributed by atoms with Gasteiger partial charge in [0, 0.05) is 22.7 Å². The summed E-state index contributed by atoms with van der Waals surface area (Å²) in [6.45, 7) is 1.74. The molecule has 1 aromatic carbocycles. The Hall–Kier alpha value is -2.47. The summed E-state index contributed by atoms with van der Waals surface area (Å²) in [5.74, 6) is 0.113. The van der Waals surface area contributed by atoms with Gasteiger partial charge in [0.05, 0.1) is 11.2 Å². The third-order valence-corrected chi connectivity index (χ3v) is 3.15. The minimum Gasteiger partial charge on any atom is -0.292 e. The summed E-state index contributed by atoms with van der Waals surface area (Å²) in [5, 5.41) is 1.25. The van der Waals surface area contributed by atoms with E-state index in [0.29, 0.717) is 16.2 Å². The Balaban J connectivity index is 2.49. The van der Waals surface area contributed by atoms with E-state index in [9.17, 15) is 9.59 Å². The van der Waals surface area contributed by atoms with Crippen LogP contribution in [0.1, 0.15) is 5.69 Å². The van der Waals surface area contributed by atoms with Gasteiger partial charge in [-0.15, -0.1) is 0 Å². The number of aryl methyl sites for hydroxylation is 1. The molecule has 0 atom stereocenters. The zero-order valence-corrected chi connectivity index (χ0v) is 11.2. The first-order valence-electron chi connectivity index (χ1n) is 5.81. The Morgan fingerprint density at radius 1 is 1.25 bits per heavy atom. The predicted octanol–water partition coefficient (Wildman–Crippen LogP) is 1.43. The molecule has 0 bridgehead atoms. The predicted molar refractivity (Wildman–Crippen MR) is 75.5 cm³/mol. The lowest BCUT2D eigenvalue weighted by Crippen LogP contribution is -2.26. The van der Waals surface area contributed by atoms with E-state index < -0.39 is 5.69 Å². The zero-order chi connectivity index (χ0) is 14.3. The fraction of sp³-hybridized carbons (Fsp3) is 0.0769. The van der Waals surface area contributed by atoms with Crippen LogP contribution in [0.4, 0.5) is 0 Å². The summed E-state index contributed by atoms with van der Waals surface area (Å²) in [7, 11) is 0. The summed E-state index contributed by atoms with van der Waals surface area (Å²) in [5.41, 5.74) is 0.268. The van der Waals surface area contributed by atoms with E-state index in [2.05, 4.69) is 15.0 Å². The lowest BCUT2D eigenvalue weighted by molar-refractivity contribution is 0.859. The van der Waals surface area contributed by atoms with E-state index in [4.69, 9.17) is 11.6 Å². The number of nitrogens with zero attached hydrogens (tertiary/aromatic N) is 3. The van der Waals surface area contributed by atoms with E-state index in [1.54, 1.807) is 25.1 Å². The second kappa shape index (κ2) is 4.57. The number of hydrogen-bond donors (Lipinski definition) is 1. The fourth-order valence-electron chi connectivity index (χ4n) is 2.03. The van der Waals surface area contributed by atoms with Gasteiger partial charge in [-0.2, -0.15) is 4.98 Å². The number of aromatic nitrogens is 4. The van der Waals surface area contributed by atoms with Crippen LogP contribution in [0, 0.1) is 6.92 Å². The van der Waals surface area contributed by atoms with E-state index in [1.165, 1.54) is 16.8 Å². The third-order valence-electron chi connectivity index (χ3n) is 2.91. The average molecular weight is 289 g/mol. The first-order valence-corrected chi connectivity index (χ1v) is 6.19. The molecule has 0 fully saturated rings. The molecule has 0 aliphatic rings. The van der Waals surface area contributed by atoms with E-state index in [1.807, 2.05) is 0 Å². The van der Waals surface area contributed by atoms with Gasteiger partial charge in [-0.3, -0.25) is 9.78 Å². The maximum absolute atomic E-state index is 12.1. The van der Waals surface area contributed by atoms with Crippen LogP contribution in [0.5, 0.6) is 0 Å². The van der Waals surface area contributed by atoms with Crippen LogP contribution < -0.4 is 11.2 Å². The van der Waals surface area contributed by atoms with Crippen LogP contribution in [0.25, 0.3) is 16.9 Å². The molecule has 3 aromatic rings. The third kappa shape index (κ3) is 2.00. The highest BCUT2D eigenvalue weighted by molar-refractivity contribution is 6.31. The molecule has 0 spiro atoms. The van der Waals surface area contributed by atoms with Crippen LogP contribution in [-0.4, -0.2) is 19.5 Å². The Morgan fingerprint density at radius 2 is 2.05 bits per heavy atom. The molecule has 0 aliphatic carbocycles. The smallest absolute Gasteiger partial charge is 0.292 e. The highest BCUT2D eigenvalue weighted by Gasteiger charge is 2.11. The van der Waals surface area contributed by atoms with Gasteiger partial charge in [-0.05, 0) is 25.1 Å². The van der Waals surface area contributed by atoms with Crippen LogP contribution in [0.15, 0.2) is 40.1 Å². The van der Waals surface area contributed by atoms with Gasteiger partial charge in [-0.25, -0.2) is 14.3 Å². The topological polar surface area (TPSA) is 80.6 Å². The minimum absolute atomic E-state index is 0.113. The van der Waals surface area contributed by atoms with Crippen LogP contribution in [0.3, 0.4) is 0 Å². The van der Waals surface area contributed by atoms with Crippen molar-refractivity contribution in [1.82, 2.24) is 19.5 Å². The number of rotatable bonds is 1. The van der Waals surface area contributed by atoms with Gasteiger partial charge >= 0.3 is 5.69 Å². The second-order valence-electron chi connectivity index (χ2n) is 4.23.